The van der Waals surface area contributed by atoms with Gasteiger partial charge in [0.25, 0.3) is 0 Å². The summed E-state index contributed by atoms with van der Waals surface area (Å²) in [5.74, 6) is -1.93. The Morgan fingerprint density at radius 3 is 2.18 bits per heavy atom. The minimum absolute atomic E-state index is 0.0362. The second-order valence-electron chi connectivity index (χ2n) is 6.97. The van der Waals surface area contributed by atoms with Gasteiger partial charge in [-0.1, -0.05) is 37.3 Å². The summed E-state index contributed by atoms with van der Waals surface area (Å²) in [6.45, 7) is 1.84. The van der Waals surface area contributed by atoms with Gasteiger partial charge in [-0.25, -0.2) is 17.6 Å². The van der Waals surface area contributed by atoms with Crippen molar-refractivity contribution in [3.05, 3.63) is 100 Å². The number of rotatable bonds is 3. The van der Waals surface area contributed by atoms with Gasteiger partial charge in [0.1, 0.15) is 23.3 Å². The van der Waals surface area contributed by atoms with Crippen LogP contribution in [0.1, 0.15) is 29.2 Å². The van der Waals surface area contributed by atoms with Gasteiger partial charge in [-0.2, -0.15) is 0 Å². The molecule has 4 heteroatoms. The van der Waals surface area contributed by atoms with E-state index in [4.69, 9.17) is 0 Å². The quantitative estimate of drug-likeness (QED) is 0.445. The Morgan fingerprint density at radius 1 is 0.857 bits per heavy atom. The topological polar surface area (TPSA) is 0 Å². The van der Waals surface area contributed by atoms with Crippen molar-refractivity contribution in [3.8, 4) is 11.1 Å². The van der Waals surface area contributed by atoms with E-state index in [2.05, 4.69) is 0 Å². The Hall–Kier alpha value is -2.88. The van der Waals surface area contributed by atoms with Crippen LogP contribution in [0.2, 0.25) is 0 Å². The maximum Gasteiger partial charge on any atom is 0.134 e. The Labute approximate surface area is 161 Å². The normalized spacial score (nSPS) is 13.2. The first kappa shape index (κ1) is 18.5. The molecule has 0 amide bonds. The highest BCUT2D eigenvalue weighted by atomic mass is 19.1. The minimum atomic E-state index is -0.588. The van der Waals surface area contributed by atoms with Crippen molar-refractivity contribution in [2.45, 2.75) is 26.2 Å². The molecule has 1 aliphatic carbocycles. The average Bonchev–Trinajstić information content (AvgIpc) is 2.68. The monoisotopic (exact) mass is 382 g/mol. The molecule has 3 aromatic rings. The van der Waals surface area contributed by atoms with Crippen molar-refractivity contribution >= 4 is 5.57 Å². The van der Waals surface area contributed by atoms with E-state index in [1.54, 1.807) is 18.2 Å². The van der Waals surface area contributed by atoms with E-state index in [0.29, 0.717) is 39.8 Å². The largest absolute Gasteiger partial charge is 0.207 e. The van der Waals surface area contributed by atoms with E-state index in [9.17, 15) is 13.2 Å². The van der Waals surface area contributed by atoms with Crippen molar-refractivity contribution in [2.24, 2.45) is 0 Å². The fraction of sp³-hybridized carbons (Fsp3) is 0.167. The number of hydrogen-bond donors (Lipinski definition) is 0. The maximum atomic E-state index is 15.1. The Kier molecular flexibility index (Phi) is 4.80. The van der Waals surface area contributed by atoms with E-state index in [1.165, 1.54) is 36.4 Å². The standard InChI is InChI=1S/C24H18F4/c1-2-14-11-21(26)23(22(27)12-14)17-6-10-20-16(13-17)5-9-19(24(20)28)15-3-7-18(25)8-4-15/h3-9,11-12H,2,10,13H2,1H3. The van der Waals surface area contributed by atoms with Crippen LogP contribution in [0.5, 0.6) is 0 Å². The summed E-state index contributed by atoms with van der Waals surface area (Å²) in [7, 11) is 0. The molecule has 3 aromatic carbocycles. The van der Waals surface area contributed by atoms with Crippen LogP contribution < -0.4 is 0 Å². The van der Waals surface area contributed by atoms with Gasteiger partial charge in [0.05, 0.1) is 0 Å². The number of aryl methyl sites for hydroxylation is 1. The number of hydrogen-bond acceptors (Lipinski definition) is 0. The molecule has 0 aliphatic heterocycles. The second kappa shape index (κ2) is 7.27. The lowest BCUT2D eigenvalue weighted by Crippen LogP contribution is -2.09. The van der Waals surface area contributed by atoms with Gasteiger partial charge in [-0.15, -0.1) is 0 Å². The van der Waals surface area contributed by atoms with Crippen LogP contribution in [0, 0.1) is 23.3 Å². The molecule has 0 saturated carbocycles. The highest BCUT2D eigenvalue weighted by Crippen LogP contribution is 2.35. The zero-order chi connectivity index (χ0) is 19.8. The smallest absolute Gasteiger partial charge is 0.134 e. The number of halogens is 4. The van der Waals surface area contributed by atoms with Crippen LogP contribution in [-0.2, 0) is 19.3 Å². The molecule has 142 valence electrons. The lowest BCUT2D eigenvalue weighted by atomic mass is 9.85. The summed E-state index contributed by atoms with van der Waals surface area (Å²) in [6.07, 6.45) is 2.75. The van der Waals surface area contributed by atoms with Crippen molar-refractivity contribution in [1.29, 1.82) is 0 Å². The zero-order valence-corrected chi connectivity index (χ0v) is 15.3. The molecule has 0 unspecified atom stereocenters. The molecule has 0 radical (unpaired) electrons. The first-order chi connectivity index (χ1) is 13.5. The van der Waals surface area contributed by atoms with Crippen LogP contribution in [0.15, 0.2) is 54.6 Å². The van der Waals surface area contributed by atoms with Crippen molar-refractivity contribution in [2.75, 3.05) is 0 Å². The molecule has 28 heavy (non-hydrogen) atoms. The number of benzene rings is 3. The van der Waals surface area contributed by atoms with Gasteiger partial charge in [0.2, 0.25) is 0 Å². The molecule has 1 aliphatic rings. The predicted octanol–water partition coefficient (Wildman–Crippen LogP) is 6.65. The molecule has 0 atom stereocenters. The Morgan fingerprint density at radius 2 is 1.54 bits per heavy atom. The summed E-state index contributed by atoms with van der Waals surface area (Å²) in [6, 6.07) is 11.8. The Balaban J connectivity index is 1.71. The van der Waals surface area contributed by atoms with E-state index in [-0.39, 0.29) is 30.0 Å². The molecule has 0 saturated heterocycles. The van der Waals surface area contributed by atoms with Crippen LogP contribution >= 0.6 is 0 Å². The van der Waals surface area contributed by atoms with Gasteiger partial charge >= 0.3 is 0 Å². The van der Waals surface area contributed by atoms with Crippen molar-refractivity contribution < 1.29 is 17.6 Å². The van der Waals surface area contributed by atoms with Crippen LogP contribution in [-0.4, -0.2) is 0 Å². The maximum absolute atomic E-state index is 15.1. The SMILES string of the molecule is CCc1cc(F)c(C2=CCc3c(ccc(-c4ccc(F)cc4)c3F)C2)c(F)c1. The highest BCUT2D eigenvalue weighted by molar-refractivity contribution is 5.74. The zero-order valence-electron chi connectivity index (χ0n) is 15.3. The highest BCUT2D eigenvalue weighted by Gasteiger charge is 2.22. The van der Waals surface area contributed by atoms with Gasteiger partial charge < -0.3 is 0 Å². The number of allylic oxidation sites excluding steroid dienone is 2. The fourth-order valence-corrected chi connectivity index (χ4v) is 3.73. The van der Waals surface area contributed by atoms with Gasteiger partial charge in [-0.05, 0) is 71.4 Å². The van der Waals surface area contributed by atoms with Gasteiger partial charge in [0.15, 0.2) is 0 Å². The molecular weight excluding hydrogens is 364 g/mol. The van der Waals surface area contributed by atoms with E-state index in [1.807, 2.05) is 6.92 Å². The summed E-state index contributed by atoms with van der Waals surface area (Å²) >= 11 is 0. The lowest BCUT2D eigenvalue weighted by Gasteiger charge is -2.20. The van der Waals surface area contributed by atoms with E-state index < -0.39 is 11.6 Å². The second-order valence-corrected chi connectivity index (χ2v) is 6.97. The lowest BCUT2D eigenvalue weighted by molar-refractivity contribution is 0.572. The molecular formula is C24H18F4. The fourth-order valence-electron chi connectivity index (χ4n) is 3.73. The first-order valence-electron chi connectivity index (χ1n) is 9.21. The van der Waals surface area contributed by atoms with Crippen LogP contribution in [0.25, 0.3) is 16.7 Å². The predicted molar refractivity (Wildman–Crippen MR) is 103 cm³/mol. The number of fused-ring (bicyclic) bond motifs is 1. The third kappa shape index (κ3) is 3.24. The summed E-state index contributed by atoms with van der Waals surface area (Å²) in [5, 5.41) is 0. The molecule has 0 spiro atoms. The van der Waals surface area contributed by atoms with Crippen LogP contribution in [0.3, 0.4) is 0 Å². The third-order valence-corrected chi connectivity index (χ3v) is 5.26. The van der Waals surface area contributed by atoms with Crippen molar-refractivity contribution in [1.82, 2.24) is 0 Å². The summed E-state index contributed by atoms with van der Waals surface area (Å²) < 4.78 is 57.1. The molecule has 0 fully saturated rings. The molecule has 0 aromatic heterocycles. The molecule has 0 bridgehead atoms. The summed E-state index contributed by atoms with van der Waals surface area (Å²) in [4.78, 5) is 0. The van der Waals surface area contributed by atoms with Gasteiger partial charge in [0, 0.05) is 11.1 Å². The third-order valence-electron chi connectivity index (χ3n) is 5.26. The van der Waals surface area contributed by atoms with Gasteiger partial charge in [-0.3, -0.25) is 0 Å². The van der Waals surface area contributed by atoms with Crippen molar-refractivity contribution in [3.63, 3.8) is 0 Å². The molecule has 4 rings (SSSR count). The van der Waals surface area contributed by atoms with E-state index in [0.717, 1.165) is 0 Å². The molecule has 0 N–H and O–H groups in total. The summed E-state index contributed by atoms with van der Waals surface area (Å²) in [5.41, 5.74) is 3.29. The van der Waals surface area contributed by atoms with Crippen LogP contribution in [0.4, 0.5) is 17.6 Å². The molecule has 0 heterocycles. The Bertz CT molecular complexity index is 1060. The minimum Gasteiger partial charge on any atom is -0.207 e. The average molecular weight is 382 g/mol. The first-order valence-corrected chi connectivity index (χ1v) is 9.21. The van der Waals surface area contributed by atoms with E-state index >= 15 is 4.39 Å². The molecule has 0 nitrogen and oxygen atoms in total.